The Kier molecular flexibility index (Phi) is 4.04. The molecule has 1 aliphatic rings. The number of hydrogen-bond acceptors (Lipinski definition) is 5. The minimum absolute atomic E-state index is 0.00139. The van der Waals surface area contributed by atoms with Crippen molar-refractivity contribution in [2.75, 3.05) is 36.1 Å². The molecule has 0 aromatic carbocycles. The molecule has 1 aromatic rings. The maximum absolute atomic E-state index is 12.8. The molecule has 1 fully saturated rings. The Morgan fingerprint density at radius 2 is 2.05 bits per heavy atom. The Labute approximate surface area is 120 Å². The van der Waals surface area contributed by atoms with Gasteiger partial charge in [-0.25, -0.2) is 9.97 Å². The van der Waals surface area contributed by atoms with E-state index < -0.39 is 12.0 Å². The van der Waals surface area contributed by atoms with Gasteiger partial charge in [0.05, 0.1) is 0 Å². The molecular weight excluding hydrogens is 289 g/mol. The molecule has 0 aliphatic carbocycles. The van der Waals surface area contributed by atoms with Crippen molar-refractivity contribution >= 4 is 23.4 Å². The number of nitrogens with one attached hydrogen (secondary N) is 1. The van der Waals surface area contributed by atoms with Gasteiger partial charge in [0.15, 0.2) is 0 Å². The molecule has 1 aromatic heterocycles. The van der Waals surface area contributed by atoms with Gasteiger partial charge in [-0.15, -0.1) is 0 Å². The first-order chi connectivity index (χ1) is 9.21. The van der Waals surface area contributed by atoms with Gasteiger partial charge in [-0.1, -0.05) is 0 Å². The average molecular weight is 306 g/mol. The fourth-order valence-electron chi connectivity index (χ4n) is 2.06. The quantitative estimate of drug-likeness (QED) is 0.910. The topological polar surface area (TPSA) is 41.0 Å². The van der Waals surface area contributed by atoms with Crippen molar-refractivity contribution in [3.05, 3.63) is 11.9 Å². The van der Waals surface area contributed by atoms with Gasteiger partial charge < -0.3 is 10.2 Å². The summed E-state index contributed by atoms with van der Waals surface area (Å²) in [7, 11) is 1.54. The number of alkyl halides is 3. The molecule has 112 valence electrons. The molecule has 2 heterocycles. The molecule has 2 rings (SSSR count). The minimum atomic E-state index is -4.54. The first-order valence-corrected chi connectivity index (χ1v) is 7.23. The highest BCUT2D eigenvalue weighted by Crippen LogP contribution is 2.34. The normalized spacial score (nSPS) is 19.0. The summed E-state index contributed by atoms with van der Waals surface area (Å²) in [6.07, 6.45) is -4.54. The van der Waals surface area contributed by atoms with Crippen molar-refractivity contribution in [1.29, 1.82) is 0 Å². The fraction of sp³-hybridized carbons (Fsp3) is 0.667. The smallest absolute Gasteiger partial charge is 0.373 e. The van der Waals surface area contributed by atoms with E-state index in [0.29, 0.717) is 18.9 Å². The standard InChI is InChI=1S/C12H17F3N4S/c1-11(2)7-19(4-5-20-11)9-6-8(16-3)17-10(18-9)12(13,14)15/h6H,4-5,7H2,1-3H3,(H,16,17,18). The number of hydrogen-bond donors (Lipinski definition) is 1. The number of nitrogens with zero attached hydrogens (tertiary/aromatic N) is 3. The second-order valence-corrected chi connectivity index (χ2v) is 7.01. The molecule has 0 saturated carbocycles. The van der Waals surface area contributed by atoms with E-state index in [0.717, 1.165) is 5.75 Å². The highest BCUT2D eigenvalue weighted by atomic mass is 32.2. The van der Waals surface area contributed by atoms with Crippen LogP contribution in [0.4, 0.5) is 24.8 Å². The lowest BCUT2D eigenvalue weighted by Crippen LogP contribution is -2.43. The second-order valence-electron chi connectivity index (χ2n) is 5.21. The molecule has 0 amide bonds. The third kappa shape index (κ3) is 3.47. The number of aromatic nitrogens is 2. The summed E-state index contributed by atoms with van der Waals surface area (Å²) in [5.41, 5.74) is 0. The molecule has 0 spiro atoms. The minimum Gasteiger partial charge on any atom is -0.373 e. The van der Waals surface area contributed by atoms with Crippen LogP contribution >= 0.6 is 11.8 Å². The van der Waals surface area contributed by atoms with E-state index >= 15 is 0 Å². The molecule has 0 radical (unpaired) electrons. The van der Waals surface area contributed by atoms with Crippen LogP contribution in [0.2, 0.25) is 0 Å². The van der Waals surface area contributed by atoms with Crippen LogP contribution in [0.1, 0.15) is 19.7 Å². The van der Waals surface area contributed by atoms with Crippen LogP contribution in [0.3, 0.4) is 0 Å². The van der Waals surface area contributed by atoms with E-state index in [1.54, 1.807) is 13.1 Å². The van der Waals surface area contributed by atoms with Crippen LogP contribution in [0.25, 0.3) is 0 Å². The van der Waals surface area contributed by atoms with Gasteiger partial charge in [-0.3, -0.25) is 0 Å². The Balaban J connectivity index is 2.36. The predicted molar refractivity (Wildman–Crippen MR) is 75.3 cm³/mol. The van der Waals surface area contributed by atoms with Crippen molar-refractivity contribution in [2.24, 2.45) is 0 Å². The lowest BCUT2D eigenvalue weighted by Gasteiger charge is -2.38. The lowest BCUT2D eigenvalue weighted by atomic mass is 10.2. The molecule has 1 aliphatic heterocycles. The number of thioether (sulfide) groups is 1. The molecule has 0 bridgehead atoms. The zero-order chi connectivity index (χ0) is 15.0. The molecular formula is C12H17F3N4S. The summed E-state index contributed by atoms with van der Waals surface area (Å²) in [4.78, 5) is 9.04. The Morgan fingerprint density at radius 3 is 2.60 bits per heavy atom. The van der Waals surface area contributed by atoms with Crippen molar-refractivity contribution in [3.8, 4) is 0 Å². The van der Waals surface area contributed by atoms with Crippen molar-refractivity contribution < 1.29 is 13.2 Å². The zero-order valence-corrected chi connectivity index (χ0v) is 12.4. The molecule has 1 N–H and O–H groups in total. The summed E-state index contributed by atoms with van der Waals surface area (Å²) in [6.45, 7) is 5.50. The zero-order valence-electron chi connectivity index (χ0n) is 11.6. The summed E-state index contributed by atoms with van der Waals surface area (Å²) < 4.78 is 38.5. The third-order valence-corrected chi connectivity index (χ3v) is 4.27. The van der Waals surface area contributed by atoms with E-state index in [4.69, 9.17) is 0 Å². The van der Waals surface area contributed by atoms with Crippen molar-refractivity contribution in [2.45, 2.75) is 24.8 Å². The summed E-state index contributed by atoms with van der Waals surface area (Å²) >= 11 is 1.82. The Hall–Kier alpha value is -1.18. The predicted octanol–water partition coefficient (Wildman–Crippen LogP) is 2.87. The Morgan fingerprint density at radius 1 is 1.35 bits per heavy atom. The third-order valence-electron chi connectivity index (χ3n) is 2.97. The van der Waals surface area contributed by atoms with Gasteiger partial charge in [0.25, 0.3) is 0 Å². The largest absolute Gasteiger partial charge is 0.451 e. The molecule has 0 atom stereocenters. The van der Waals surface area contributed by atoms with Gasteiger partial charge in [0, 0.05) is 36.7 Å². The van der Waals surface area contributed by atoms with Gasteiger partial charge >= 0.3 is 6.18 Å². The van der Waals surface area contributed by atoms with Crippen molar-refractivity contribution in [1.82, 2.24) is 9.97 Å². The number of anilines is 2. The van der Waals surface area contributed by atoms with E-state index in [9.17, 15) is 13.2 Å². The number of rotatable bonds is 2. The van der Waals surface area contributed by atoms with Crippen LogP contribution in [-0.4, -0.2) is 40.6 Å². The van der Waals surface area contributed by atoms with Gasteiger partial charge in [-0.05, 0) is 13.8 Å². The summed E-state index contributed by atoms with van der Waals surface area (Å²) in [5.74, 6) is 0.270. The van der Waals surface area contributed by atoms with Crippen LogP contribution in [0.5, 0.6) is 0 Å². The van der Waals surface area contributed by atoms with E-state index in [1.165, 1.54) is 0 Å². The molecule has 4 nitrogen and oxygen atoms in total. The lowest BCUT2D eigenvalue weighted by molar-refractivity contribution is -0.144. The fourth-order valence-corrected chi connectivity index (χ4v) is 3.17. The van der Waals surface area contributed by atoms with Crippen LogP contribution in [0, 0.1) is 0 Å². The SMILES string of the molecule is CNc1cc(N2CCSC(C)(C)C2)nc(C(F)(F)F)n1. The summed E-state index contributed by atoms with van der Waals surface area (Å²) in [5, 5.41) is 2.66. The molecule has 20 heavy (non-hydrogen) atoms. The second kappa shape index (κ2) is 5.31. The molecule has 8 heteroatoms. The highest BCUT2D eigenvalue weighted by Gasteiger charge is 2.36. The van der Waals surface area contributed by atoms with Crippen LogP contribution in [-0.2, 0) is 6.18 Å². The first-order valence-electron chi connectivity index (χ1n) is 6.24. The van der Waals surface area contributed by atoms with E-state index in [2.05, 4.69) is 29.1 Å². The van der Waals surface area contributed by atoms with Crippen LogP contribution < -0.4 is 10.2 Å². The van der Waals surface area contributed by atoms with Gasteiger partial charge in [-0.2, -0.15) is 24.9 Å². The van der Waals surface area contributed by atoms with Gasteiger partial charge in [0.1, 0.15) is 11.6 Å². The maximum atomic E-state index is 12.8. The van der Waals surface area contributed by atoms with Crippen molar-refractivity contribution in [3.63, 3.8) is 0 Å². The molecule has 0 unspecified atom stereocenters. The van der Waals surface area contributed by atoms with E-state index in [-0.39, 0.29) is 10.6 Å². The monoisotopic (exact) mass is 306 g/mol. The highest BCUT2D eigenvalue weighted by molar-refractivity contribution is 8.00. The van der Waals surface area contributed by atoms with Gasteiger partial charge in [0.2, 0.25) is 5.82 Å². The summed E-state index contributed by atoms with van der Waals surface area (Å²) in [6, 6.07) is 1.56. The number of halogens is 3. The van der Waals surface area contributed by atoms with Crippen LogP contribution in [0.15, 0.2) is 6.07 Å². The van der Waals surface area contributed by atoms with E-state index in [1.807, 2.05) is 16.7 Å². The maximum Gasteiger partial charge on any atom is 0.451 e. The Bertz CT molecular complexity index is 490. The molecule has 1 saturated heterocycles. The average Bonchev–Trinajstić information content (AvgIpc) is 2.36. The first kappa shape index (κ1) is 15.2.